The van der Waals surface area contributed by atoms with Crippen molar-refractivity contribution < 1.29 is 0 Å². The Kier molecular flexibility index (Phi) is 5.21. The van der Waals surface area contributed by atoms with Gasteiger partial charge in [0.25, 0.3) is 0 Å². The lowest BCUT2D eigenvalue weighted by atomic mass is 10.0. The van der Waals surface area contributed by atoms with Crippen LogP contribution in [-0.2, 0) is 0 Å². The maximum Gasteiger partial charge on any atom is 0.0462 e. The molecule has 0 N–H and O–H groups in total. The third-order valence-electron chi connectivity index (χ3n) is 5.92. The number of thiophene rings is 1. The van der Waals surface area contributed by atoms with E-state index in [1.54, 1.807) is 0 Å². The van der Waals surface area contributed by atoms with Gasteiger partial charge in [0.2, 0.25) is 0 Å². The van der Waals surface area contributed by atoms with Gasteiger partial charge in [-0.3, -0.25) is 0 Å². The fraction of sp³-hybridized carbons (Fsp3) is 0. The number of para-hydroxylation sites is 2. The summed E-state index contributed by atoms with van der Waals surface area (Å²) < 4.78 is 3.76. The monoisotopic (exact) mass is 505 g/mol. The van der Waals surface area contributed by atoms with Crippen LogP contribution in [0.1, 0.15) is 0 Å². The highest BCUT2D eigenvalue weighted by atomic mass is 79.9. The Morgan fingerprint density at radius 3 is 1.64 bits per heavy atom. The number of nitrogens with zero attached hydrogens (tertiary/aromatic N) is 1. The topological polar surface area (TPSA) is 3.24 Å². The average Bonchev–Trinajstić information content (AvgIpc) is 3.23. The number of rotatable bonds is 4. The van der Waals surface area contributed by atoms with Crippen LogP contribution in [0.4, 0.5) is 17.1 Å². The van der Waals surface area contributed by atoms with Crippen molar-refractivity contribution >= 4 is 64.5 Å². The Balaban J connectivity index is 1.41. The molecule has 5 aromatic carbocycles. The van der Waals surface area contributed by atoms with Crippen LogP contribution in [0.5, 0.6) is 0 Å². The molecule has 0 bridgehead atoms. The second kappa shape index (κ2) is 8.51. The van der Waals surface area contributed by atoms with E-state index in [1.165, 1.54) is 31.3 Å². The number of hydrogen-bond donors (Lipinski definition) is 0. The molecule has 33 heavy (non-hydrogen) atoms. The zero-order valence-electron chi connectivity index (χ0n) is 17.8. The zero-order chi connectivity index (χ0) is 22.2. The molecule has 0 spiro atoms. The minimum atomic E-state index is 1.12. The van der Waals surface area contributed by atoms with E-state index in [9.17, 15) is 0 Å². The van der Waals surface area contributed by atoms with Gasteiger partial charge in [-0.1, -0.05) is 70.5 Å². The highest BCUT2D eigenvalue weighted by Gasteiger charge is 2.12. The first-order valence-electron chi connectivity index (χ1n) is 10.9. The molecule has 6 aromatic rings. The van der Waals surface area contributed by atoms with Gasteiger partial charge in [0.15, 0.2) is 0 Å². The summed E-state index contributed by atoms with van der Waals surface area (Å²) in [6.45, 7) is 0. The number of fused-ring (bicyclic) bond motifs is 3. The number of halogens is 1. The molecule has 0 saturated heterocycles. The van der Waals surface area contributed by atoms with E-state index >= 15 is 0 Å². The summed E-state index contributed by atoms with van der Waals surface area (Å²) in [5.41, 5.74) is 5.89. The van der Waals surface area contributed by atoms with Gasteiger partial charge >= 0.3 is 0 Å². The van der Waals surface area contributed by atoms with Crippen LogP contribution in [0, 0.1) is 0 Å². The Morgan fingerprint density at radius 1 is 0.485 bits per heavy atom. The highest BCUT2D eigenvalue weighted by molar-refractivity contribution is 9.10. The summed E-state index contributed by atoms with van der Waals surface area (Å²) in [4.78, 5) is 2.29. The van der Waals surface area contributed by atoms with Crippen molar-refractivity contribution in [2.75, 3.05) is 4.90 Å². The molecule has 1 heterocycles. The summed E-state index contributed by atoms with van der Waals surface area (Å²) in [6, 6.07) is 43.2. The predicted octanol–water partition coefficient (Wildman–Crippen LogP) is 9.95. The standard InChI is InChI=1S/C30H20BrNS/c31-23-14-18-30-28(20-23)27-19-22(13-17-29(27)33-30)21-11-15-26(16-12-21)32(24-7-3-1-4-8-24)25-9-5-2-6-10-25/h1-20H. The summed E-state index contributed by atoms with van der Waals surface area (Å²) in [5, 5.41) is 2.62. The molecule has 6 rings (SSSR count). The Labute approximate surface area is 205 Å². The van der Waals surface area contributed by atoms with Crippen LogP contribution in [0.2, 0.25) is 0 Å². The third kappa shape index (κ3) is 3.84. The van der Waals surface area contributed by atoms with Crippen molar-refractivity contribution in [1.29, 1.82) is 0 Å². The van der Waals surface area contributed by atoms with Gasteiger partial charge in [0.05, 0.1) is 0 Å². The predicted molar refractivity (Wildman–Crippen MR) is 147 cm³/mol. The van der Waals surface area contributed by atoms with E-state index in [1.807, 2.05) is 11.3 Å². The van der Waals surface area contributed by atoms with Gasteiger partial charge in [-0.2, -0.15) is 0 Å². The maximum absolute atomic E-state index is 3.63. The number of benzene rings is 5. The van der Waals surface area contributed by atoms with Crippen molar-refractivity contribution in [3.8, 4) is 11.1 Å². The van der Waals surface area contributed by atoms with Crippen LogP contribution >= 0.6 is 27.3 Å². The van der Waals surface area contributed by atoms with Gasteiger partial charge in [0, 0.05) is 41.7 Å². The molecule has 3 heteroatoms. The fourth-order valence-corrected chi connectivity index (χ4v) is 5.76. The van der Waals surface area contributed by atoms with Crippen LogP contribution < -0.4 is 4.90 Å². The molecule has 0 unspecified atom stereocenters. The molecule has 0 radical (unpaired) electrons. The average molecular weight is 506 g/mol. The summed E-state index contributed by atoms with van der Waals surface area (Å²) >= 11 is 5.47. The van der Waals surface area contributed by atoms with E-state index in [-0.39, 0.29) is 0 Å². The lowest BCUT2D eigenvalue weighted by Gasteiger charge is -2.25. The molecule has 0 atom stereocenters. The van der Waals surface area contributed by atoms with Crippen LogP contribution in [0.25, 0.3) is 31.3 Å². The van der Waals surface area contributed by atoms with Crippen LogP contribution in [-0.4, -0.2) is 0 Å². The first-order chi connectivity index (χ1) is 16.3. The van der Waals surface area contributed by atoms with Crippen molar-refractivity contribution in [1.82, 2.24) is 0 Å². The Hall–Kier alpha value is -3.40. The second-order valence-corrected chi connectivity index (χ2v) is 10.0. The Morgan fingerprint density at radius 2 is 1.00 bits per heavy atom. The van der Waals surface area contributed by atoms with Gasteiger partial charge in [0.1, 0.15) is 0 Å². The Bertz CT molecular complexity index is 1510. The van der Waals surface area contributed by atoms with E-state index < -0.39 is 0 Å². The largest absolute Gasteiger partial charge is 0.311 e. The summed E-state index contributed by atoms with van der Waals surface area (Å²) in [5.74, 6) is 0. The quantitative estimate of drug-likeness (QED) is 0.230. The smallest absolute Gasteiger partial charge is 0.0462 e. The van der Waals surface area contributed by atoms with Crippen LogP contribution in [0.3, 0.4) is 0 Å². The molecular weight excluding hydrogens is 486 g/mol. The van der Waals surface area contributed by atoms with Gasteiger partial charge < -0.3 is 4.90 Å². The molecule has 0 saturated carbocycles. The fourth-order valence-electron chi connectivity index (χ4n) is 4.33. The summed E-state index contributed by atoms with van der Waals surface area (Å²) in [6.07, 6.45) is 0. The molecule has 0 fully saturated rings. The second-order valence-electron chi connectivity index (χ2n) is 8.01. The van der Waals surface area contributed by atoms with Gasteiger partial charge in [-0.25, -0.2) is 0 Å². The lowest BCUT2D eigenvalue weighted by Crippen LogP contribution is -2.09. The molecule has 158 valence electrons. The van der Waals surface area contributed by atoms with Crippen molar-refractivity contribution in [3.05, 3.63) is 126 Å². The molecule has 1 nitrogen and oxygen atoms in total. The van der Waals surface area contributed by atoms with E-state index in [4.69, 9.17) is 0 Å². The molecule has 0 aliphatic carbocycles. The molecule has 0 aliphatic rings. The molecular formula is C30H20BrNS. The highest BCUT2D eigenvalue weighted by Crippen LogP contribution is 2.39. The lowest BCUT2D eigenvalue weighted by molar-refractivity contribution is 1.28. The maximum atomic E-state index is 3.63. The van der Waals surface area contributed by atoms with Crippen molar-refractivity contribution in [2.24, 2.45) is 0 Å². The van der Waals surface area contributed by atoms with Crippen molar-refractivity contribution in [3.63, 3.8) is 0 Å². The minimum Gasteiger partial charge on any atom is -0.311 e. The number of hydrogen-bond acceptors (Lipinski definition) is 2. The number of anilines is 3. The minimum absolute atomic E-state index is 1.12. The van der Waals surface area contributed by atoms with Gasteiger partial charge in [-0.15, -0.1) is 11.3 Å². The first-order valence-corrected chi connectivity index (χ1v) is 12.5. The van der Waals surface area contributed by atoms with E-state index in [0.717, 1.165) is 21.5 Å². The third-order valence-corrected chi connectivity index (χ3v) is 7.56. The van der Waals surface area contributed by atoms with E-state index in [2.05, 4.69) is 142 Å². The first kappa shape index (κ1) is 20.2. The normalized spacial score (nSPS) is 11.2. The SMILES string of the molecule is Brc1ccc2sc3ccc(-c4ccc(N(c5ccccc5)c5ccccc5)cc4)cc3c2c1. The van der Waals surface area contributed by atoms with Gasteiger partial charge in [-0.05, 0) is 77.9 Å². The molecule has 0 aliphatic heterocycles. The molecule has 1 aromatic heterocycles. The summed E-state index contributed by atoms with van der Waals surface area (Å²) in [7, 11) is 0. The molecule has 0 amide bonds. The van der Waals surface area contributed by atoms with E-state index in [0.29, 0.717) is 0 Å². The van der Waals surface area contributed by atoms with Crippen LogP contribution in [0.15, 0.2) is 126 Å². The zero-order valence-corrected chi connectivity index (χ0v) is 20.2. The van der Waals surface area contributed by atoms with Crippen molar-refractivity contribution in [2.45, 2.75) is 0 Å².